The van der Waals surface area contributed by atoms with Crippen LogP contribution in [-0.4, -0.2) is 46.2 Å². The van der Waals surface area contributed by atoms with Gasteiger partial charge in [0.25, 0.3) is 0 Å². The number of rotatable bonds is 3. The molecule has 2 rings (SSSR count). The first-order chi connectivity index (χ1) is 10.1. The summed E-state index contributed by atoms with van der Waals surface area (Å²) in [4.78, 5) is 25.2. The number of benzene rings is 1. The minimum absolute atomic E-state index is 0.0347. The Kier molecular flexibility index (Phi) is 4.29. The fourth-order valence-electron chi connectivity index (χ4n) is 3.02. The van der Waals surface area contributed by atoms with Gasteiger partial charge in [0.05, 0.1) is 23.2 Å². The van der Waals surface area contributed by atoms with Crippen LogP contribution >= 0.6 is 0 Å². The highest BCUT2D eigenvalue weighted by Crippen LogP contribution is 2.28. The predicted molar refractivity (Wildman–Crippen MR) is 82.9 cm³/mol. The van der Waals surface area contributed by atoms with Crippen molar-refractivity contribution < 1.29 is 19.4 Å². The minimum Gasteiger partial charge on any atom is -0.478 e. The number of carbonyl (C=O) groups excluding carboxylic acids is 1. The molecule has 1 heterocycles. The van der Waals surface area contributed by atoms with Crippen LogP contribution in [0.4, 0.5) is 0 Å². The van der Waals surface area contributed by atoms with Gasteiger partial charge < -0.3 is 14.7 Å². The van der Waals surface area contributed by atoms with E-state index in [0.717, 1.165) is 5.56 Å². The summed E-state index contributed by atoms with van der Waals surface area (Å²) < 4.78 is 5.97. The molecule has 5 nitrogen and oxygen atoms in total. The van der Waals surface area contributed by atoms with Crippen LogP contribution < -0.4 is 0 Å². The molecule has 1 N–H and O–H groups in total. The molecule has 0 aliphatic carbocycles. The van der Waals surface area contributed by atoms with E-state index in [9.17, 15) is 9.59 Å². The van der Waals surface area contributed by atoms with Crippen LogP contribution in [0.1, 0.15) is 43.6 Å². The zero-order chi connectivity index (χ0) is 16.5. The number of hydrogen-bond donors (Lipinski definition) is 1. The Hall–Kier alpha value is -1.88. The topological polar surface area (TPSA) is 66.8 Å². The van der Waals surface area contributed by atoms with Crippen LogP contribution in [-0.2, 0) is 16.0 Å². The Labute approximate surface area is 130 Å². The van der Waals surface area contributed by atoms with E-state index in [0.29, 0.717) is 13.1 Å². The molecule has 1 aromatic carbocycles. The highest BCUT2D eigenvalue weighted by Gasteiger charge is 2.39. The first-order valence-corrected chi connectivity index (χ1v) is 7.38. The molecule has 1 amide bonds. The summed E-state index contributed by atoms with van der Waals surface area (Å²) in [5.41, 5.74) is 0.303. The van der Waals surface area contributed by atoms with Crippen molar-refractivity contribution in [1.29, 1.82) is 0 Å². The van der Waals surface area contributed by atoms with Crippen LogP contribution in [0.3, 0.4) is 0 Å². The molecule has 1 saturated heterocycles. The summed E-state index contributed by atoms with van der Waals surface area (Å²) in [5, 5.41) is 8.89. The molecule has 120 valence electrons. The lowest BCUT2D eigenvalue weighted by Gasteiger charge is -2.47. The number of hydrogen-bond acceptors (Lipinski definition) is 3. The Morgan fingerprint density at radius 1 is 1.09 bits per heavy atom. The molecule has 1 aliphatic heterocycles. The van der Waals surface area contributed by atoms with Gasteiger partial charge in [0.15, 0.2) is 0 Å². The van der Waals surface area contributed by atoms with Crippen molar-refractivity contribution in [2.45, 2.75) is 45.3 Å². The summed E-state index contributed by atoms with van der Waals surface area (Å²) in [5.74, 6) is -0.929. The third-order valence-corrected chi connectivity index (χ3v) is 3.60. The van der Waals surface area contributed by atoms with Crippen LogP contribution in [0.5, 0.6) is 0 Å². The molecule has 1 fully saturated rings. The fourth-order valence-corrected chi connectivity index (χ4v) is 3.02. The number of nitrogens with zero attached hydrogens (tertiary/aromatic N) is 1. The molecule has 0 spiro atoms. The zero-order valence-corrected chi connectivity index (χ0v) is 13.5. The molecule has 22 heavy (non-hydrogen) atoms. The van der Waals surface area contributed by atoms with E-state index < -0.39 is 5.97 Å². The molecule has 1 aromatic rings. The maximum atomic E-state index is 12.5. The van der Waals surface area contributed by atoms with Gasteiger partial charge in [-0.25, -0.2) is 4.79 Å². The Bertz CT molecular complexity index is 559. The van der Waals surface area contributed by atoms with Gasteiger partial charge in [0, 0.05) is 13.1 Å². The highest BCUT2D eigenvalue weighted by molar-refractivity contribution is 5.87. The fraction of sp³-hybridized carbons (Fsp3) is 0.529. The molecular weight excluding hydrogens is 282 g/mol. The number of carboxylic acids is 1. The van der Waals surface area contributed by atoms with E-state index in [2.05, 4.69) is 0 Å². The molecular formula is C17H23NO4. The van der Waals surface area contributed by atoms with Crippen LogP contribution in [0.2, 0.25) is 0 Å². The van der Waals surface area contributed by atoms with Gasteiger partial charge >= 0.3 is 5.97 Å². The Morgan fingerprint density at radius 2 is 1.59 bits per heavy atom. The maximum Gasteiger partial charge on any atom is 0.335 e. The van der Waals surface area contributed by atoms with Crippen molar-refractivity contribution in [2.24, 2.45) is 0 Å². The Morgan fingerprint density at radius 3 is 2.05 bits per heavy atom. The summed E-state index contributed by atoms with van der Waals surface area (Å²) in [7, 11) is 0. The van der Waals surface area contributed by atoms with Gasteiger partial charge in [-0.05, 0) is 45.4 Å². The van der Waals surface area contributed by atoms with E-state index in [4.69, 9.17) is 9.84 Å². The van der Waals surface area contributed by atoms with Crippen molar-refractivity contribution in [2.75, 3.05) is 13.1 Å². The molecule has 0 saturated carbocycles. The van der Waals surface area contributed by atoms with Crippen molar-refractivity contribution in [1.82, 2.24) is 4.90 Å². The molecule has 0 bridgehead atoms. The van der Waals surface area contributed by atoms with Crippen molar-refractivity contribution >= 4 is 11.9 Å². The van der Waals surface area contributed by atoms with Crippen molar-refractivity contribution in [3.05, 3.63) is 35.4 Å². The lowest BCUT2D eigenvalue weighted by molar-refractivity contribution is -0.187. The van der Waals surface area contributed by atoms with E-state index >= 15 is 0 Å². The highest BCUT2D eigenvalue weighted by atomic mass is 16.5. The average Bonchev–Trinajstić information content (AvgIpc) is 2.35. The number of ether oxygens (including phenoxy) is 1. The summed E-state index contributed by atoms with van der Waals surface area (Å²) >= 11 is 0. The second-order valence-electron chi connectivity index (χ2n) is 7.05. The third kappa shape index (κ3) is 4.07. The van der Waals surface area contributed by atoms with E-state index in [1.54, 1.807) is 12.1 Å². The molecule has 5 heteroatoms. The van der Waals surface area contributed by atoms with E-state index in [-0.39, 0.29) is 29.1 Å². The first kappa shape index (κ1) is 16.5. The molecule has 0 unspecified atom stereocenters. The number of carboxylic acid groups (broad SMARTS) is 1. The smallest absolute Gasteiger partial charge is 0.335 e. The quantitative estimate of drug-likeness (QED) is 0.931. The van der Waals surface area contributed by atoms with Crippen LogP contribution in [0.25, 0.3) is 0 Å². The van der Waals surface area contributed by atoms with Crippen molar-refractivity contribution in [3.8, 4) is 0 Å². The van der Waals surface area contributed by atoms with Gasteiger partial charge in [-0.1, -0.05) is 12.1 Å². The number of morpholine rings is 1. The normalized spacial score (nSPS) is 19.7. The lowest BCUT2D eigenvalue weighted by Crippen LogP contribution is -2.58. The summed E-state index contributed by atoms with van der Waals surface area (Å²) in [6.45, 7) is 9.04. The first-order valence-electron chi connectivity index (χ1n) is 7.38. The average molecular weight is 305 g/mol. The van der Waals surface area contributed by atoms with Gasteiger partial charge in [0.1, 0.15) is 0 Å². The second-order valence-corrected chi connectivity index (χ2v) is 7.05. The van der Waals surface area contributed by atoms with Crippen molar-refractivity contribution in [3.63, 3.8) is 0 Å². The lowest BCUT2D eigenvalue weighted by atomic mass is 9.98. The molecule has 0 radical (unpaired) electrons. The van der Waals surface area contributed by atoms with Gasteiger partial charge in [0.2, 0.25) is 5.91 Å². The number of aromatic carboxylic acids is 1. The minimum atomic E-state index is -0.963. The standard InChI is InChI=1S/C17H23NO4/c1-16(2)10-18(11-17(3,4)22-16)14(19)9-12-5-7-13(8-6-12)15(20)21/h5-8H,9-11H2,1-4H3,(H,20,21). The monoisotopic (exact) mass is 305 g/mol. The zero-order valence-electron chi connectivity index (χ0n) is 13.5. The van der Waals surface area contributed by atoms with Gasteiger partial charge in [-0.3, -0.25) is 4.79 Å². The number of amides is 1. The predicted octanol–water partition coefficient (Wildman–Crippen LogP) is 2.34. The third-order valence-electron chi connectivity index (χ3n) is 3.60. The number of carbonyl (C=O) groups is 2. The second kappa shape index (κ2) is 5.72. The SMILES string of the molecule is CC1(C)CN(C(=O)Cc2ccc(C(=O)O)cc2)CC(C)(C)O1. The van der Waals surface area contributed by atoms with Crippen LogP contribution in [0, 0.1) is 0 Å². The van der Waals surface area contributed by atoms with Gasteiger partial charge in [-0.2, -0.15) is 0 Å². The summed E-state index contributed by atoms with van der Waals surface area (Å²) in [6, 6.07) is 6.44. The molecule has 0 atom stereocenters. The van der Waals surface area contributed by atoms with E-state index in [1.807, 2.05) is 32.6 Å². The van der Waals surface area contributed by atoms with Crippen LogP contribution in [0.15, 0.2) is 24.3 Å². The Balaban J connectivity index is 2.06. The van der Waals surface area contributed by atoms with Gasteiger partial charge in [-0.15, -0.1) is 0 Å². The maximum absolute atomic E-state index is 12.5. The molecule has 0 aromatic heterocycles. The molecule has 1 aliphatic rings. The van der Waals surface area contributed by atoms with E-state index in [1.165, 1.54) is 12.1 Å². The largest absolute Gasteiger partial charge is 0.478 e. The summed E-state index contributed by atoms with van der Waals surface area (Å²) in [6.07, 6.45) is 0.270.